The number of carbonyl (C=O) groups is 1. The molecule has 1 aliphatic heterocycles. The third-order valence-electron chi connectivity index (χ3n) is 6.03. The summed E-state index contributed by atoms with van der Waals surface area (Å²) in [6.07, 6.45) is -1.97. The Kier molecular flexibility index (Phi) is 5.23. The second kappa shape index (κ2) is 6.56. The van der Waals surface area contributed by atoms with Crippen molar-refractivity contribution in [2.45, 2.75) is 75.9 Å². The van der Waals surface area contributed by atoms with E-state index >= 15 is 0 Å². The van der Waals surface area contributed by atoms with E-state index in [4.69, 9.17) is 4.74 Å². The van der Waals surface area contributed by atoms with Crippen molar-refractivity contribution in [3.05, 3.63) is 32.6 Å². The van der Waals surface area contributed by atoms with Gasteiger partial charge in [0.15, 0.2) is 6.29 Å². The fraction of sp³-hybridized carbons (Fsp3) is 0.706. The van der Waals surface area contributed by atoms with Crippen LogP contribution in [0.5, 0.6) is 0 Å². The molecule has 1 saturated heterocycles. The fourth-order valence-electron chi connectivity index (χ4n) is 3.41. The lowest BCUT2D eigenvalue weighted by Crippen LogP contribution is -2.64. The molecule has 146 valence electrons. The fourth-order valence-corrected chi connectivity index (χ4v) is 6.50. The molecule has 1 aromatic heterocycles. The van der Waals surface area contributed by atoms with Gasteiger partial charge >= 0.3 is 5.69 Å². The summed E-state index contributed by atoms with van der Waals surface area (Å²) in [6, 6.07) is 0. The monoisotopic (exact) mass is 384 g/mol. The molecular formula is C17H28N2O6Si. The maximum Gasteiger partial charge on any atom is 0.330 e. The number of H-pyrrole nitrogens is 1. The van der Waals surface area contributed by atoms with Gasteiger partial charge in [-0.3, -0.25) is 14.3 Å². The Hall–Kier alpha value is -1.55. The van der Waals surface area contributed by atoms with Crippen LogP contribution in [0.15, 0.2) is 15.8 Å². The molecule has 0 aromatic carbocycles. The maximum absolute atomic E-state index is 12.6. The maximum atomic E-state index is 12.6. The first-order valence-corrected chi connectivity index (χ1v) is 11.6. The molecule has 26 heavy (non-hydrogen) atoms. The SMILES string of the molecule is Cc1cn([C@@]2([Si](C)(C)C(C)(C)C)C[C@H](O)[C@@H](C(O)C=O)O2)c(=O)[nH]c1=O. The standard InChI is InChI=1S/C17H28N2O6Si/c1-10-8-19(15(24)18-14(10)23)17(26(5,6)16(2,3)4)7-11(21)13(25-17)12(22)9-20/h8-9,11-13,21-22H,7H2,1-6H3,(H,18,23,24)/t11-,12?,13-,17-/m0/s1. The van der Waals surface area contributed by atoms with Gasteiger partial charge in [-0.15, -0.1) is 0 Å². The Bertz CT molecular complexity index is 809. The minimum absolute atomic E-state index is 0.0461. The van der Waals surface area contributed by atoms with Crippen LogP contribution in [-0.2, 0) is 14.9 Å². The number of nitrogens with one attached hydrogen (secondary N) is 1. The number of aryl methyl sites for hydroxylation is 1. The number of aldehydes is 1. The number of hydrogen-bond acceptors (Lipinski definition) is 6. The van der Waals surface area contributed by atoms with Crippen LogP contribution in [0.4, 0.5) is 0 Å². The number of aliphatic hydroxyl groups excluding tert-OH is 2. The zero-order valence-electron chi connectivity index (χ0n) is 16.1. The zero-order valence-corrected chi connectivity index (χ0v) is 17.1. The van der Waals surface area contributed by atoms with E-state index in [1.54, 1.807) is 6.92 Å². The summed E-state index contributed by atoms with van der Waals surface area (Å²) in [5, 5.41) is 19.0. The highest BCUT2D eigenvalue weighted by Gasteiger charge is 2.62. The number of aromatic nitrogens is 2. The molecule has 4 atom stereocenters. The molecule has 1 aromatic rings. The minimum atomic E-state index is -2.55. The molecule has 0 saturated carbocycles. The van der Waals surface area contributed by atoms with Crippen molar-refractivity contribution in [3.8, 4) is 0 Å². The topological polar surface area (TPSA) is 122 Å². The Morgan fingerprint density at radius 1 is 1.42 bits per heavy atom. The van der Waals surface area contributed by atoms with E-state index in [2.05, 4.69) is 4.98 Å². The molecular weight excluding hydrogens is 356 g/mol. The summed E-state index contributed by atoms with van der Waals surface area (Å²) in [5.74, 6) is 0. The quantitative estimate of drug-likeness (QED) is 0.505. The van der Waals surface area contributed by atoms with Gasteiger partial charge in [0.2, 0.25) is 0 Å². The van der Waals surface area contributed by atoms with Crippen LogP contribution in [0.3, 0.4) is 0 Å². The highest BCUT2D eigenvalue weighted by atomic mass is 28.3. The lowest BCUT2D eigenvalue weighted by molar-refractivity contribution is -0.135. The predicted octanol–water partition coefficient (Wildman–Crippen LogP) is 0.255. The van der Waals surface area contributed by atoms with Crippen LogP contribution in [-0.4, -0.2) is 52.4 Å². The van der Waals surface area contributed by atoms with E-state index in [-0.39, 0.29) is 11.5 Å². The van der Waals surface area contributed by atoms with Gasteiger partial charge in [0.05, 0.1) is 6.10 Å². The smallest absolute Gasteiger partial charge is 0.330 e. The van der Waals surface area contributed by atoms with Gasteiger partial charge in [0, 0.05) is 18.2 Å². The van der Waals surface area contributed by atoms with Gasteiger partial charge in [-0.2, -0.15) is 0 Å². The van der Waals surface area contributed by atoms with Gasteiger partial charge < -0.3 is 19.7 Å². The second-order valence-corrected chi connectivity index (χ2v) is 14.1. The third kappa shape index (κ3) is 3.02. The third-order valence-corrected chi connectivity index (χ3v) is 12.3. The molecule has 2 rings (SSSR count). The Labute approximate surface area is 152 Å². The summed E-state index contributed by atoms with van der Waals surface area (Å²) in [5.41, 5.74) is -0.793. The van der Waals surface area contributed by atoms with Crippen LogP contribution in [0.1, 0.15) is 32.8 Å². The average molecular weight is 385 g/mol. The van der Waals surface area contributed by atoms with E-state index in [9.17, 15) is 24.6 Å². The number of aromatic amines is 1. The van der Waals surface area contributed by atoms with E-state index < -0.39 is 43.0 Å². The van der Waals surface area contributed by atoms with E-state index in [0.29, 0.717) is 11.8 Å². The highest BCUT2D eigenvalue weighted by molar-refractivity contribution is 6.81. The number of nitrogens with zero attached hydrogens (tertiary/aromatic N) is 1. The first-order valence-electron chi connectivity index (χ1n) is 8.61. The van der Waals surface area contributed by atoms with Crippen molar-refractivity contribution in [3.63, 3.8) is 0 Å². The Morgan fingerprint density at radius 2 is 2.00 bits per heavy atom. The number of ether oxygens (including phenoxy) is 1. The minimum Gasteiger partial charge on any atom is -0.390 e. The van der Waals surface area contributed by atoms with Crippen molar-refractivity contribution in [1.82, 2.24) is 9.55 Å². The summed E-state index contributed by atoms with van der Waals surface area (Å²) >= 11 is 0. The summed E-state index contributed by atoms with van der Waals surface area (Å²) < 4.78 is 7.47. The summed E-state index contributed by atoms with van der Waals surface area (Å²) in [7, 11) is -2.55. The Morgan fingerprint density at radius 3 is 2.50 bits per heavy atom. The molecule has 1 unspecified atom stereocenters. The van der Waals surface area contributed by atoms with Crippen molar-refractivity contribution in [2.75, 3.05) is 0 Å². The van der Waals surface area contributed by atoms with Gasteiger partial charge in [-0.25, -0.2) is 4.79 Å². The van der Waals surface area contributed by atoms with Crippen LogP contribution < -0.4 is 11.2 Å². The second-order valence-electron chi connectivity index (χ2n) is 8.58. The van der Waals surface area contributed by atoms with E-state index in [0.717, 1.165) is 0 Å². The molecule has 1 aliphatic rings. The molecule has 1 fully saturated rings. The van der Waals surface area contributed by atoms with Crippen molar-refractivity contribution >= 4 is 14.4 Å². The number of hydrogen-bond donors (Lipinski definition) is 3. The van der Waals surface area contributed by atoms with E-state index in [1.807, 2.05) is 33.9 Å². The lowest BCUT2D eigenvalue weighted by Gasteiger charge is -2.50. The van der Waals surface area contributed by atoms with Crippen molar-refractivity contribution < 1.29 is 19.7 Å². The predicted molar refractivity (Wildman–Crippen MR) is 98.8 cm³/mol. The number of carbonyl (C=O) groups excluding carboxylic acids is 1. The molecule has 8 nitrogen and oxygen atoms in total. The van der Waals surface area contributed by atoms with Crippen LogP contribution >= 0.6 is 0 Å². The van der Waals surface area contributed by atoms with Gasteiger partial charge in [-0.05, 0) is 12.0 Å². The normalized spacial score (nSPS) is 28.2. The highest BCUT2D eigenvalue weighted by Crippen LogP contribution is 2.52. The molecule has 3 N–H and O–H groups in total. The average Bonchev–Trinajstić information content (AvgIpc) is 2.88. The largest absolute Gasteiger partial charge is 0.390 e. The summed E-state index contributed by atoms with van der Waals surface area (Å²) in [6.45, 7) is 11.7. The van der Waals surface area contributed by atoms with Gasteiger partial charge in [0.25, 0.3) is 5.56 Å². The van der Waals surface area contributed by atoms with E-state index in [1.165, 1.54) is 10.8 Å². The van der Waals surface area contributed by atoms with Crippen LogP contribution in [0, 0.1) is 6.92 Å². The first-order chi connectivity index (χ1) is 11.8. The van der Waals surface area contributed by atoms with Crippen LogP contribution in [0.2, 0.25) is 18.1 Å². The number of rotatable bonds is 4. The molecule has 0 spiro atoms. The molecule has 0 bridgehead atoms. The van der Waals surface area contributed by atoms with Gasteiger partial charge in [-0.1, -0.05) is 33.9 Å². The molecule has 0 radical (unpaired) electrons. The lowest BCUT2D eigenvalue weighted by atomic mass is 10.1. The summed E-state index contributed by atoms with van der Waals surface area (Å²) in [4.78, 5) is 37.8. The van der Waals surface area contributed by atoms with Crippen LogP contribution in [0.25, 0.3) is 0 Å². The molecule has 0 aliphatic carbocycles. The zero-order chi connectivity index (χ0) is 20.1. The Balaban J connectivity index is 2.78. The first kappa shape index (κ1) is 20.8. The van der Waals surface area contributed by atoms with Crippen molar-refractivity contribution in [1.29, 1.82) is 0 Å². The molecule has 0 amide bonds. The molecule has 9 heteroatoms. The van der Waals surface area contributed by atoms with Crippen molar-refractivity contribution in [2.24, 2.45) is 0 Å². The molecule has 2 heterocycles. The number of aliphatic hydroxyl groups is 2. The van der Waals surface area contributed by atoms with Gasteiger partial charge in [0.1, 0.15) is 25.6 Å².